The summed E-state index contributed by atoms with van der Waals surface area (Å²) in [6, 6.07) is 22.5. The van der Waals surface area contributed by atoms with E-state index in [0.717, 1.165) is 22.3 Å². The third kappa shape index (κ3) is 3.77. The van der Waals surface area contributed by atoms with E-state index in [9.17, 15) is 0 Å². The van der Waals surface area contributed by atoms with Gasteiger partial charge in [-0.2, -0.15) is 0 Å². The quantitative estimate of drug-likeness (QED) is 0.288. The molecule has 0 amide bonds. The average molecular weight is 392 g/mol. The van der Waals surface area contributed by atoms with E-state index in [1.54, 1.807) is 11.8 Å². The van der Waals surface area contributed by atoms with Crippen molar-refractivity contribution in [1.82, 2.24) is 14.8 Å². The Labute approximate surface area is 167 Å². The number of hydrogen-bond donors (Lipinski definition) is 0. The van der Waals surface area contributed by atoms with E-state index in [-0.39, 0.29) is 0 Å². The zero-order valence-electron chi connectivity index (χ0n) is 14.7. The Hall–Kier alpha value is -2.56. The molecule has 0 spiro atoms. The molecule has 0 fully saturated rings. The minimum atomic E-state index is 0.656. The largest absolute Gasteiger partial charge is 0.298 e. The number of halogens is 1. The molecule has 4 aromatic rings. The third-order valence-corrected chi connectivity index (χ3v) is 5.64. The standard InChI is InChI=1S/C22H18ClN3S/c1-2-14-26-21(17-10-12-19(23)13-11-17)24-25-22(26)27-15-18-8-5-7-16-6-3-4-9-20(16)18/h2-13H,1,14-15H2. The first-order valence-electron chi connectivity index (χ1n) is 8.66. The van der Waals surface area contributed by atoms with E-state index < -0.39 is 0 Å². The van der Waals surface area contributed by atoms with Gasteiger partial charge in [-0.3, -0.25) is 4.57 Å². The van der Waals surface area contributed by atoms with Crippen molar-refractivity contribution in [3.05, 3.63) is 90.0 Å². The molecule has 0 bridgehead atoms. The molecule has 0 aliphatic heterocycles. The maximum absolute atomic E-state index is 6.01. The van der Waals surface area contributed by atoms with E-state index in [1.165, 1.54) is 16.3 Å². The van der Waals surface area contributed by atoms with E-state index in [0.29, 0.717) is 11.6 Å². The predicted octanol–water partition coefficient (Wildman–Crippen LogP) is 6.23. The maximum atomic E-state index is 6.01. The molecule has 0 unspecified atom stereocenters. The van der Waals surface area contributed by atoms with Crippen LogP contribution >= 0.6 is 23.4 Å². The van der Waals surface area contributed by atoms with Crippen LogP contribution in [-0.2, 0) is 12.3 Å². The van der Waals surface area contributed by atoms with E-state index in [2.05, 4.69) is 63.8 Å². The monoisotopic (exact) mass is 391 g/mol. The molecule has 0 atom stereocenters. The molecule has 1 heterocycles. The zero-order valence-corrected chi connectivity index (χ0v) is 16.2. The first kappa shape index (κ1) is 17.8. The summed E-state index contributed by atoms with van der Waals surface area (Å²) in [5.41, 5.74) is 2.28. The molecule has 3 aromatic carbocycles. The highest BCUT2D eigenvalue weighted by atomic mass is 35.5. The van der Waals surface area contributed by atoms with Gasteiger partial charge in [0.2, 0.25) is 0 Å². The van der Waals surface area contributed by atoms with Crippen LogP contribution in [0.25, 0.3) is 22.2 Å². The highest BCUT2D eigenvalue weighted by Crippen LogP contribution is 2.29. The Bertz CT molecular complexity index is 1080. The predicted molar refractivity (Wildman–Crippen MR) is 114 cm³/mol. The van der Waals surface area contributed by atoms with Gasteiger partial charge in [0.25, 0.3) is 0 Å². The lowest BCUT2D eigenvalue weighted by Crippen LogP contribution is -2.00. The molecule has 3 nitrogen and oxygen atoms in total. The van der Waals surface area contributed by atoms with E-state index in [1.807, 2.05) is 30.3 Å². The van der Waals surface area contributed by atoms with Crippen LogP contribution in [0.2, 0.25) is 5.02 Å². The Morgan fingerprint density at radius 1 is 0.963 bits per heavy atom. The fourth-order valence-corrected chi connectivity index (χ4v) is 4.14. The number of allylic oxidation sites excluding steroid dienone is 1. The second kappa shape index (κ2) is 7.99. The van der Waals surface area contributed by atoms with Crippen molar-refractivity contribution in [3.8, 4) is 11.4 Å². The van der Waals surface area contributed by atoms with Gasteiger partial charge in [-0.15, -0.1) is 16.8 Å². The number of rotatable bonds is 6. The number of nitrogens with zero attached hydrogens (tertiary/aromatic N) is 3. The highest BCUT2D eigenvalue weighted by molar-refractivity contribution is 7.98. The molecule has 134 valence electrons. The lowest BCUT2D eigenvalue weighted by atomic mass is 10.1. The average Bonchev–Trinajstić information content (AvgIpc) is 3.10. The van der Waals surface area contributed by atoms with Crippen LogP contribution in [0.15, 0.2) is 84.5 Å². The summed E-state index contributed by atoms with van der Waals surface area (Å²) in [5, 5.41) is 13.0. The molecule has 0 aliphatic rings. The van der Waals surface area contributed by atoms with Crippen molar-refractivity contribution in [2.45, 2.75) is 17.5 Å². The number of aromatic nitrogens is 3. The Balaban J connectivity index is 1.64. The van der Waals surface area contributed by atoms with Crippen molar-refractivity contribution in [1.29, 1.82) is 0 Å². The Morgan fingerprint density at radius 3 is 2.56 bits per heavy atom. The first-order valence-corrected chi connectivity index (χ1v) is 10.0. The molecule has 1 aromatic heterocycles. The van der Waals surface area contributed by atoms with Gasteiger partial charge in [0.15, 0.2) is 11.0 Å². The van der Waals surface area contributed by atoms with Crippen molar-refractivity contribution in [2.24, 2.45) is 0 Å². The topological polar surface area (TPSA) is 30.7 Å². The summed E-state index contributed by atoms with van der Waals surface area (Å²) in [5.74, 6) is 1.66. The number of hydrogen-bond acceptors (Lipinski definition) is 3. The lowest BCUT2D eigenvalue weighted by Gasteiger charge is -2.09. The van der Waals surface area contributed by atoms with Crippen LogP contribution in [0, 0.1) is 0 Å². The van der Waals surface area contributed by atoms with Crippen LogP contribution < -0.4 is 0 Å². The van der Waals surface area contributed by atoms with E-state index in [4.69, 9.17) is 11.6 Å². The minimum Gasteiger partial charge on any atom is -0.298 e. The molecule has 4 rings (SSSR count). The Morgan fingerprint density at radius 2 is 1.74 bits per heavy atom. The minimum absolute atomic E-state index is 0.656. The molecule has 0 saturated carbocycles. The number of benzene rings is 3. The summed E-state index contributed by atoms with van der Waals surface area (Å²) in [6.07, 6.45) is 1.87. The first-order chi connectivity index (χ1) is 13.3. The SMILES string of the molecule is C=CCn1c(SCc2cccc3ccccc23)nnc1-c1ccc(Cl)cc1. The summed E-state index contributed by atoms with van der Waals surface area (Å²) < 4.78 is 2.09. The molecule has 0 N–H and O–H groups in total. The van der Waals surface area contributed by atoms with Crippen molar-refractivity contribution in [2.75, 3.05) is 0 Å². The number of thioether (sulfide) groups is 1. The Kier molecular flexibility index (Phi) is 5.28. The van der Waals surface area contributed by atoms with Crippen molar-refractivity contribution in [3.63, 3.8) is 0 Å². The van der Waals surface area contributed by atoms with Gasteiger partial charge in [-0.05, 0) is 40.6 Å². The summed E-state index contributed by atoms with van der Waals surface area (Å²) in [6.45, 7) is 4.53. The molecular formula is C22H18ClN3S. The second-order valence-corrected chi connectivity index (χ2v) is 7.52. The summed E-state index contributed by atoms with van der Waals surface area (Å²) in [4.78, 5) is 0. The van der Waals surface area contributed by atoms with Gasteiger partial charge in [0.05, 0.1) is 0 Å². The zero-order chi connectivity index (χ0) is 18.6. The van der Waals surface area contributed by atoms with E-state index >= 15 is 0 Å². The highest BCUT2D eigenvalue weighted by Gasteiger charge is 2.14. The van der Waals surface area contributed by atoms with Crippen LogP contribution in [0.1, 0.15) is 5.56 Å². The van der Waals surface area contributed by atoms with Gasteiger partial charge < -0.3 is 0 Å². The molecule has 0 aliphatic carbocycles. The molecule has 0 radical (unpaired) electrons. The number of fused-ring (bicyclic) bond motifs is 1. The molecule has 5 heteroatoms. The van der Waals surface area contributed by atoms with Crippen LogP contribution in [-0.4, -0.2) is 14.8 Å². The smallest absolute Gasteiger partial charge is 0.192 e. The molecule has 27 heavy (non-hydrogen) atoms. The van der Waals surface area contributed by atoms with Crippen molar-refractivity contribution < 1.29 is 0 Å². The van der Waals surface area contributed by atoms with Crippen LogP contribution in [0.3, 0.4) is 0 Å². The van der Waals surface area contributed by atoms with Crippen LogP contribution in [0.4, 0.5) is 0 Å². The fraction of sp³-hybridized carbons (Fsp3) is 0.0909. The summed E-state index contributed by atoms with van der Waals surface area (Å²) in [7, 11) is 0. The van der Waals surface area contributed by atoms with Crippen LogP contribution in [0.5, 0.6) is 0 Å². The fourth-order valence-electron chi connectivity index (χ4n) is 3.06. The van der Waals surface area contributed by atoms with Gasteiger partial charge >= 0.3 is 0 Å². The van der Waals surface area contributed by atoms with Gasteiger partial charge in [-0.1, -0.05) is 71.9 Å². The molecule has 0 saturated heterocycles. The maximum Gasteiger partial charge on any atom is 0.192 e. The third-order valence-electron chi connectivity index (χ3n) is 4.37. The molecular weight excluding hydrogens is 374 g/mol. The normalized spacial score (nSPS) is 11.0. The van der Waals surface area contributed by atoms with Gasteiger partial charge in [0, 0.05) is 22.9 Å². The van der Waals surface area contributed by atoms with Crippen molar-refractivity contribution >= 4 is 34.1 Å². The van der Waals surface area contributed by atoms with Gasteiger partial charge in [-0.25, -0.2) is 0 Å². The summed E-state index contributed by atoms with van der Waals surface area (Å²) >= 11 is 7.70. The lowest BCUT2D eigenvalue weighted by molar-refractivity contribution is 0.731. The van der Waals surface area contributed by atoms with Gasteiger partial charge in [0.1, 0.15) is 0 Å². The second-order valence-electron chi connectivity index (χ2n) is 6.14.